The van der Waals surface area contributed by atoms with Gasteiger partial charge in [-0.3, -0.25) is 0 Å². The van der Waals surface area contributed by atoms with Gasteiger partial charge in [0, 0.05) is 6.08 Å². The monoisotopic (exact) mass is 236 g/mol. The quantitative estimate of drug-likeness (QED) is 0.347. The molecule has 0 saturated carbocycles. The summed E-state index contributed by atoms with van der Waals surface area (Å²) in [4.78, 5) is 22.6. The Balaban J connectivity index is 3.34. The smallest absolute Gasteiger partial charge is 0.343 e. The SMILES string of the molecule is C=CC(=O)Oc1c(N)ccc(N)c1C(=O)OC. The molecule has 0 heterocycles. The highest BCUT2D eigenvalue weighted by Gasteiger charge is 2.21. The first kappa shape index (κ1) is 12.6. The Bertz CT molecular complexity index is 483. The molecule has 1 aromatic rings. The minimum atomic E-state index is -0.743. The molecule has 4 N–H and O–H groups in total. The van der Waals surface area contributed by atoms with Gasteiger partial charge in [0.25, 0.3) is 0 Å². The second-order valence-electron chi connectivity index (χ2n) is 3.06. The van der Waals surface area contributed by atoms with Crippen LogP contribution in [0.2, 0.25) is 0 Å². The van der Waals surface area contributed by atoms with Gasteiger partial charge in [0.2, 0.25) is 0 Å². The van der Waals surface area contributed by atoms with Crippen LogP contribution in [0, 0.1) is 0 Å². The number of methoxy groups -OCH3 is 1. The first-order valence-corrected chi connectivity index (χ1v) is 4.61. The average Bonchev–Trinajstić information content (AvgIpc) is 2.33. The standard InChI is InChI=1S/C11H12N2O4/c1-3-8(14)17-10-7(13)5-4-6(12)9(10)11(15)16-2/h3-5H,1,12-13H2,2H3. The van der Waals surface area contributed by atoms with E-state index in [4.69, 9.17) is 16.2 Å². The Morgan fingerprint density at radius 1 is 1.29 bits per heavy atom. The van der Waals surface area contributed by atoms with Gasteiger partial charge in [-0.2, -0.15) is 0 Å². The number of ether oxygens (including phenoxy) is 2. The zero-order chi connectivity index (χ0) is 13.0. The van der Waals surface area contributed by atoms with Gasteiger partial charge in [0.1, 0.15) is 5.56 Å². The fourth-order valence-corrected chi connectivity index (χ4v) is 1.18. The molecule has 0 unspecified atom stereocenters. The lowest BCUT2D eigenvalue weighted by atomic mass is 10.1. The summed E-state index contributed by atoms with van der Waals surface area (Å²) in [7, 11) is 1.18. The topological polar surface area (TPSA) is 105 Å². The van der Waals surface area contributed by atoms with Crippen LogP contribution in [0.4, 0.5) is 11.4 Å². The number of hydrogen-bond donors (Lipinski definition) is 2. The molecule has 0 saturated heterocycles. The van der Waals surface area contributed by atoms with Crippen molar-refractivity contribution in [1.82, 2.24) is 0 Å². The van der Waals surface area contributed by atoms with Crippen LogP contribution in [0.25, 0.3) is 0 Å². The van der Waals surface area contributed by atoms with Gasteiger partial charge in [-0.15, -0.1) is 0 Å². The average molecular weight is 236 g/mol. The van der Waals surface area contributed by atoms with E-state index in [1.54, 1.807) is 0 Å². The van der Waals surface area contributed by atoms with Crippen molar-refractivity contribution in [3.63, 3.8) is 0 Å². The third kappa shape index (κ3) is 2.54. The zero-order valence-corrected chi connectivity index (χ0v) is 9.23. The Kier molecular flexibility index (Phi) is 3.71. The molecule has 1 rings (SSSR count). The summed E-state index contributed by atoms with van der Waals surface area (Å²) in [6, 6.07) is 2.85. The molecule has 1 aromatic carbocycles. The molecule has 0 aliphatic rings. The van der Waals surface area contributed by atoms with Gasteiger partial charge in [-0.1, -0.05) is 6.58 Å². The van der Waals surface area contributed by atoms with Gasteiger partial charge in [-0.05, 0) is 12.1 Å². The van der Waals surface area contributed by atoms with Crippen molar-refractivity contribution in [1.29, 1.82) is 0 Å². The molecule has 0 fully saturated rings. The van der Waals surface area contributed by atoms with E-state index in [1.807, 2.05) is 0 Å². The van der Waals surface area contributed by atoms with Crippen LogP contribution in [0.15, 0.2) is 24.8 Å². The Hall–Kier alpha value is -2.50. The van der Waals surface area contributed by atoms with Crippen molar-refractivity contribution in [3.8, 4) is 5.75 Å². The molecule has 90 valence electrons. The molecule has 0 aromatic heterocycles. The summed E-state index contributed by atoms with van der Waals surface area (Å²) >= 11 is 0. The Morgan fingerprint density at radius 2 is 1.88 bits per heavy atom. The highest BCUT2D eigenvalue weighted by atomic mass is 16.5. The molecule has 0 aliphatic heterocycles. The maximum absolute atomic E-state index is 11.5. The first-order valence-electron chi connectivity index (χ1n) is 4.61. The number of nitrogens with two attached hydrogens (primary N) is 2. The fourth-order valence-electron chi connectivity index (χ4n) is 1.18. The van der Waals surface area contributed by atoms with Crippen molar-refractivity contribution >= 4 is 23.3 Å². The summed E-state index contributed by atoms with van der Waals surface area (Å²) < 4.78 is 9.40. The number of carbonyl (C=O) groups excluding carboxylic acids is 2. The predicted octanol–water partition coefficient (Wildman–Crippen LogP) is 0.729. The van der Waals surface area contributed by atoms with E-state index in [0.717, 1.165) is 6.08 Å². The number of hydrogen-bond acceptors (Lipinski definition) is 6. The van der Waals surface area contributed by atoms with Gasteiger partial charge in [0.05, 0.1) is 18.5 Å². The summed E-state index contributed by atoms with van der Waals surface area (Å²) in [5, 5.41) is 0. The molecule has 0 aliphatic carbocycles. The van der Waals surface area contributed by atoms with Gasteiger partial charge < -0.3 is 20.9 Å². The molecule has 0 spiro atoms. The predicted molar refractivity (Wildman–Crippen MR) is 62.4 cm³/mol. The first-order chi connectivity index (χ1) is 8.01. The summed E-state index contributed by atoms with van der Waals surface area (Å²) in [5.74, 6) is -1.60. The molecule has 0 amide bonds. The maximum Gasteiger partial charge on any atom is 0.343 e. The van der Waals surface area contributed by atoms with E-state index >= 15 is 0 Å². The number of rotatable bonds is 3. The third-order valence-corrected chi connectivity index (χ3v) is 1.98. The lowest BCUT2D eigenvalue weighted by Crippen LogP contribution is -2.13. The number of nitrogen functional groups attached to an aromatic ring is 2. The molecule has 17 heavy (non-hydrogen) atoms. The third-order valence-electron chi connectivity index (χ3n) is 1.98. The maximum atomic E-state index is 11.5. The van der Waals surface area contributed by atoms with Crippen LogP contribution >= 0.6 is 0 Å². The van der Waals surface area contributed by atoms with Crippen molar-refractivity contribution in [3.05, 3.63) is 30.4 Å². The highest BCUT2D eigenvalue weighted by Crippen LogP contribution is 2.31. The van der Waals surface area contributed by atoms with Crippen molar-refractivity contribution in [2.75, 3.05) is 18.6 Å². The lowest BCUT2D eigenvalue weighted by molar-refractivity contribution is -0.128. The lowest BCUT2D eigenvalue weighted by Gasteiger charge is -2.12. The molecule has 0 bridgehead atoms. The number of anilines is 2. The largest absolute Gasteiger partial charge is 0.465 e. The number of carbonyl (C=O) groups is 2. The molecule has 6 heteroatoms. The zero-order valence-electron chi connectivity index (χ0n) is 9.23. The second-order valence-corrected chi connectivity index (χ2v) is 3.06. The molecular formula is C11H12N2O4. The van der Waals surface area contributed by atoms with Crippen molar-refractivity contribution in [2.24, 2.45) is 0 Å². The van der Waals surface area contributed by atoms with Crippen LogP contribution in [0.3, 0.4) is 0 Å². The molecule has 0 radical (unpaired) electrons. The Labute approximate surface area is 97.8 Å². The van der Waals surface area contributed by atoms with E-state index in [1.165, 1.54) is 19.2 Å². The Morgan fingerprint density at radius 3 is 2.41 bits per heavy atom. The highest BCUT2D eigenvalue weighted by molar-refractivity contribution is 6.01. The number of esters is 2. The van der Waals surface area contributed by atoms with Gasteiger partial charge >= 0.3 is 11.9 Å². The van der Waals surface area contributed by atoms with Crippen molar-refractivity contribution < 1.29 is 19.1 Å². The van der Waals surface area contributed by atoms with E-state index in [9.17, 15) is 9.59 Å². The minimum absolute atomic E-state index is 0.0808. The van der Waals surface area contributed by atoms with E-state index in [0.29, 0.717) is 0 Å². The van der Waals surface area contributed by atoms with Crippen LogP contribution < -0.4 is 16.2 Å². The second kappa shape index (κ2) is 5.02. The van der Waals surface area contributed by atoms with Crippen LogP contribution in [0.1, 0.15) is 10.4 Å². The van der Waals surface area contributed by atoms with Crippen LogP contribution in [-0.4, -0.2) is 19.0 Å². The minimum Gasteiger partial charge on any atom is -0.465 e. The van der Waals surface area contributed by atoms with Gasteiger partial charge in [-0.25, -0.2) is 9.59 Å². The molecule has 0 atom stereocenters. The van der Waals surface area contributed by atoms with E-state index in [2.05, 4.69) is 11.3 Å². The van der Waals surface area contributed by atoms with Crippen LogP contribution in [-0.2, 0) is 9.53 Å². The fraction of sp³-hybridized carbons (Fsp3) is 0.0909. The van der Waals surface area contributed by atoms with Gasteiger partial charge in [0.15, 0.2) is 5.75 Å². The summed E-state index contributed by atoms with van der Waals surface area (Å²) in [5.41, 5.74) is 11.4. The molecule has 6 nitrogen and oxygen atoms in total. The van der Waals surface area contributed by atoms with Crippen molar-refractivity contribution in [2.45, 2.75) is 0 Å². The summed E-state index contributed by atoms with van der Waals surface area (Å²) in [6.45, 7) is 3.24. The molecular weight excluding hydrogens is 224 g/mol. The normalized spacial score (nSPS) is 9.47. The van der Waals surface area contributed by atoms with Crippen LogP contribution in [0.5, 0.6) is 5.75 Å². The van der Waals surface area contributed by atoms with E-state index in [-0.39, 0.29) is 22.7 Å². The number of benzene rings is 1. The summed E-state index contributed by atoms with van der Waals surface area (Å²) in [6.07, 6.45) is 0.948. The van der Waals surface area contributed by atoms with E-state index < -0.39 is 11.9 Å².